The third-order valence-electron chi connectivity index (χ3n) is 3.23. The zero-order chi connectivity index (χ0) is 18.2. The highest BCUT2D eigenvalue weighted by Crippen LogP contribution is 2.15. The molecule has 0 spiro atoms. The molecule has 2 aromatic rings. The molecule has 6 nitrogen and oxygen atoms in total. The van der Waals surface area contributed by atoms with Gasteiger partial charge in [0.05, 0.1) is 5.56 Å². The van der Waals surface area contributed by atoms with Crippen molar-refractivity contribution in [2.75, 3.05) is 11.9 Å². The van der Waals surface area contributed by atoms with Gasteiger partial charge in [-0.3, -0.25) is 14.4 Å². The second kappa shape index (κ2) is 8.98. The van der Waals surface area contributed by atoms with Crippen molar-refractivity contribution < 1.29 is 19.1 Å². The van der Waals surface area contributed by atoms with Gasteiger partial charge in [0, 0.05) is 10.2 Å². The molecule has 0 radical (unpaired) electrons. The summed E-state index contributed by atoms with van der Waals surface area (Å²) < 4.78 is 5.65. The summed E-state index contributed by atoms with van der Waals surface area (Å²) in [5, 5.41) is 5.09. The summed E-state index contributed by atoms with van der Waals surface area (Å²) in [6, 6.07) is 15.7. The standard InChI is InChI=1S/C18H17BrN2O4/c1-12(17(23)21-13-7-3-2-4-8-13)25-16(22)11-20-18(24)14-9-5-6-10-15(14)19/h2-10,12H,11H2,1H3,(H,20,24)(H,21,23)/t12-/m1/s1. The summed E-state index contributed by atoms with van der Waals surface area (Å²) in [6.45, 7) is 1.13. The van der Waals surface area contributed by atoms with E-state index in [1.807, 2.05) is 6.07 Å². The van der Waals surface area contributed by atoms with Crippen molar-refractivity contribution >= 4 is 39.4 Å². The van der Waals surface area contributed by atoms with Crippen LogP contribution in [0.25, 0.3) is 0 Å². The number of hydrogen-bond donors (Lipinski definition) is 2. The zero-order valence-electron chi connectivity index (χ0n) is 13.5. The average Bonchev–Trinajstić information content (AvgIpc) is 2.61. The van der Waals surface area contributed by atoms with Gasteiger partial charge in [-0.05, 0) is 47.1 Å². The second-order valence-corrected chi connectivity index (χ2v) is 6.00. The fourth-order valence-electron chi connectivity index (χ4n) is 1.95. The molecular weight excluding hydrogens is 388 g/mol. The molecule has 0 unspecified atom stereocenters. The number of halogens is 1. The lowest BCUT2D eigenvalue weighted by atomic mass is 10.2. The van der Waals surface area contributed by atoms with E-state index >= 15 is 0 Å². The van der Waals surface area contributed by atoms with Crippen LogP contribution in [0.1, 0.15) is 17.3 Å². The Hall–Kier alpha value is -2.67. The molecule has 2 amide bonds. The Kier molecular flexibility index (Phi) is 6.71. The monoisotopic (exact) mass is 404 g/mol. The molecule has 0 saturated heterocycles. The number of carbonyl (C=O) groups excluding carboxylic acids is 3. The highest BCUT2D eigenvalue weighted by molar-refractivity contribution is 9.10. The lowest BCUT2D eigenvalue weighted by Crippen LogP contribution is -2.35. The Labute approximate surface area is 153 Å². The van der Waals surface area contributed by atoms with E-state index in [1.165, 1.54) is 6.92 Å². The van der Waals surface area contributed by atoms with Gasteiger partial charge in [0.2, 0.25) is 0 Å². The van der Waals surface area contributed by atoms with Crippen LogP contribution in [0.15, 0.2) is 59.1 Å². The molecule has 7 heteroatoms. The summed E-state index contributed by atoms with van der Waals surface area (Å²) in [6.07, 6.45) is -0.979. The first kappa shape index (κ1) is 18.7. The minimum absolute atomic E-state index is 0.330. The number of amides is 2. The van der Waals surface area contributed by atoms with Gasteiger partial charge in [0.15, 0.2) is 6.10 Å². The molecule has 2 N–H and O–H groups in total. The largest absolute Gasteiger partial charge is 0.451 e. The smallest absolute Gasteiger partial charge is 0.326 e. The van der Waals surface area contributed by atoms with Crippen molar-refractivity contribution in [1.29, 1.82) is 0 Å². The maximum absolute atomic E-state index is 12.0. The van der Waals surface area contributed by atoms with Gasteiger partial charge < -0.3 is 15.4 Å². The number of carbonyl (C=O) groups is 3. The van der Waals surface area contributed by atoms with Crippen LogP contribution in [0.2, 0.25) is 0 Å². The Morgan fingerprint density at radius 1 is 1.04 bits per heavy atom. The second-order valence-electron chi connectivity index (χ2n) is 5.15. The normalized spacial score (nSPS) is 11.3. The Bertz CT molecular complexity index is 765. The summed E-state index contributed by atoms with van der Waals surface area (Å²) in [4.78, 5) is 35.8. The summed E-state index contributed by atoms with van der Waals surface area (Å²) in [5.74, 6) is -1.56. The van der Waals surface area contributed by atoms with Crippen molar-refractivity contribution in [2.24, 2.45) is 0 Å². The lowest BCUT2D eigenvalue weighted by Gasteiger charge is -2.14. The molecule has 0 saturated carbocycles. The van der Waals surface area contributed by atoms with Gasteiger partial charge in [-0.1, -0.05) is 30.3 Å². The lowest BCUT2D eigenvalue weighted by molar-refractivity contribution is -0.152. The van der Waals surface area contributed by atoms with Crippen molar-refractivity contribution in [1.82, 2.24) is 5.32 Å². The number of rotatable bonds is 6. The first-order chi connectivity index (χ1) is 12.0. The third kappa shape index (κ3) is 5.72. The van der Waals surface area contributed by atoms with Gasteiger partial charge in [0.1, 0.15) is 6.54 Å². The zero-order valence-corrected chi connectivity index (χ0v) is 15.1. The fourth-order valence-corrected chi connectivity index (χ4v) is 2.42. The Morgan fingerprint density at radius 2 is 1.68 bits per heavy atom. The molecule has 0 aliphatic heterocycles. The summed E-state index contributed by atoms with van der Waals surface area (Å²) in [5.41, 5.74) is 1.02. The topological polar surface area (TPSA) is 84.5 Å². The van der Waals surface area contributed by atoms with Crippen molar-refractivity contribution in [3.05, 3.63) is 64.6 Å². The van der Waals surface area contributed by atoms with Crippen molar-refractivity contribution in [3.63, 3.8) is 0 Å². The van der Waals surface area contributed by atoms with Crippen LogP contribution < -0.4 is 10.6 Å². The molecule has 0 heterocycles. The van der Waals surface area contributed by atoms with E-state index in [0.29, 0.717) is 15.7 Å². The van der Waals surface area contributed by atoms with E-state index in [4.69, 9.17) is 4.74 Å². The third-order valence-corrected chi connectivity index (χ3v) is 3.92. The number of esters is 1. The predicted molar refractivity (Wildman–Crippen MR) is 97.1 cm³/mol. The number of nitrogens with one attached hydrogen (secondary N) is 2. The van der Waals surface area contributed by atoms with Crippen LogP contribution >= 0.6 is 15.9 Å². The minimum Gasteiger partial charge on any atom is -0.451 e. The average molecular weight is 405 g/mol. The molecule has 0 aliphatic rings. The maximum Gasteiger partial charge on any atom is 0.326 e. The molecule has 2 rings (SSSR count). The van der Waals surface area contributed by atoms with Crippen LogP contribution in [0, 0.1) is 0 Å². The van der Waals surface area contributed by atoms with Gasteiger partial charge in [-0.15, -0.1) is 0 Å². The van der Waals surface area contributed by atoms with E-state index in [2.05, 4.69) is 26.6 Å². The van der Waals surface area contributed by atoms with Crippen LogP contribution in [-0.2, 0) is 14.3 Å². The predicted octanol–water partition coefficient (Wildman–Crippen LogP) is 2.75. The maximum atomic E-state index is 12.0. The van der Waals surface area contributed by atoms with E-state index in [0.717, 1.165) is 0 Å². The molecule has 1 atom stereocenters. The molecule has 0 aliphatic carbocycles. The summed E-state index contributed by atoms with van der Waals surface area (Å²) in [7, 11) is 0. The summed E-state index contributed by atoms with van der Waals surface area (Å²) >= 11 is 3.26. The first-order valence-corrected chi connectivity index (χ1v) is 8.35. The van der Waals surface area contributed by atoms with E-state index in [1.54, 1.807) is 48.5 Å². The highest BCUT2D eigenvalue weighted by atomic mass is 79.9. The van der Waals surface area contributed by atoms with Crippen LogP contribution in [0.5, 0.6) is 0 Å². The minimum atomic E-state index is -0.979. The van der Waals surface area contributed by atoms with E-state index in [9.17, 15) is 14.4 Å². The van der Waals surface area contributed by atoms with Crippen LogP contribution in [-0.4, -0.2) is 30.4 Å². The van der Waals surface area contributed by atoms with Gasteiger partial charge in [-0.25, -0.2) is 0 Å². The Morgan fingerprint density at radius 3 is 2.36 bits per heavy atom. The van der Waals surface area contributed by atoms with Gasteiger partial charge >= 0.3 is 5.97 Å². The molecule has 0 fully saturated rings. The molecule has 0 aromatic heterocycles. The van der Waals surface area contributed by atoms with Gasteiger partial charge in [0.25, 0.3) is 11.8 Å². The quantitative estimate of drug-likeness (QED) is 0.724. The van der Waals surface area contributed by atoms with Crippen molar-refractivity contribution in [2.45, 2.75) is 13.0 Å². The first-order valence-electron chi connectivity index (χ1n) is 7.55. The fraction of sp³-hybridized carbons (Fsp3) is 0.167. The van der Waals surface area contributed by atoms with Crippen LogP contribution in [0.3, 0.4) is 0 Å². The molecule has 130 valence electrons. The molecule has 25 heavy (non-hydrogen) atoms. The number of benzene rings is 2. The van der Waals surface area contributed by atoms with E-state index < -0.39 is 23.9 Å². The molecular formula is C18H17BrN2O4. The Balaban J connectivity index is 1.80. The number of anilines is 1. The molecule has 0 bridgehead atoms. The van der Waals surface area contributed by atoms with Gasteiger partial charge in [-0.2, -0.15) is 0 Å². The number of para-hydroxylation sites is 1. The highest BCUT2D eigenvalue weighted by Gasteiger charge is 2.19. The van der Waals surface area contributed by atoms with E-state index in [-0.39, 0.29) is 6.54 Å². The molecule has 2 aromatic carbocycles. The number of ether oxygens (including phenoxy) is 1. The van der Waals surface area contributed by atoms with Crippen LogP contribution in [0.4, 0.5) is 5.69 Å². The SMILES string of the molecule is C[C@@H](OC(=O)CNC(=O)c1ccccc1Br)C(=O)Nc1ccccc1. The van der Waals surface area contributed by atoms with Crippen molar-refractivity contribution in [3.8, 4) is 0 Å². The number of hydrogen-bond acceptors (Lipinski definition) is 4.